The van der Waals surface area contributed by atoms with Crippen LogP contribution in [0.3, 0.4) is 0 Å². The molecule has 5 rings (SSSR count). The molecule has 2 aliphatic heterocycles. The number of amides is 2. The smallest absolute Gasteiger partial charge is 0.248 e. The summed E-state index contributed by atoms with van der Waals surface area (Å²) < 4.78 is 0. The number of hydrogen-bond donors (Lipinski definition) is 2. The summed E-state index contributed by atoms with van der Waals surface area (Å²) in [6.07, 6.45) is 7.86. The van der Waals surface area contributed by atoms with Gasteiger partial charge in [0.1, 0.15) is 5.82 Å². The van der Waals surface area contributed by atoms with Gasteiger partial charge in [-0.25, -0.2) is 4.98 Å². The lowest BCUT2D eigenvalue weighted by Gasteiger charge is -2.41. The maximum atomic E-state index is 13.5. The molecule has 33 heavy (non-hydrogen) atoms. The Hall–Kier alpha value is -2.93. The monoisotopic (exact) mass is 448 g/mol. The van der Waals surface area contributed by atoms with Gasteiger partial charge in [0, 0.05) is 43.0 Å². The fraction of sp³-hybridized carbons (Fsp3) is 0.500. The van der Waals surface area contributed by atoms with Gasteiger partial charge in [-0.1, -0.05) is 12.1 Å². The molecule has 1 saturated carbocycles. The van der Waals surface area contributed by atoms with Crippen molar-refractivity contribution < 1.29 is 14.7 Å². The highest BCUT2D eigenvalue weighted by Crippen LogP contribution is 2.43. The minimum absolute atomic E-state index is 0.203. The summed E-state index contributed by atoms with van der Waals surface area (Å²) in [4.78, 5) is 34.1. The van der Waals surface area contributed by atoms with Crippen molar-refractivity contribution in [1.29, 1.82) is 0 Å². The Morgan fingerprint density at radius 1 is 1.06 bits per heavy atom. The zero-order valence-electron chi connectivity index (χ0n) is 18.9. The fourth-order valence-electron chi connectivity index (χ4n) is 5.87. The SMILES string of the molecule is NC(=O)c1cccc(-c2ccc(N3CCCC4(CCN([C@H]5CC[C@H](O)CC5)C4=O)C3)nc2)c1. The van der Waals surface area contributed by atoms with Gasteiger partial charge in [0.15, 0.2) is 0 Å². The third kappa shape index (κ3) is 4.22. The topological polar surface area (TPSA) is 99.8 Å². The number of piperidine rings is 1. The molecular weight excluding hydrogens is 416 g/mol. The van der Waals surface area contributed by atoms with E-state index < -0.39 is 5.91 Å². The summed E-state index contributed by atoms with van der Waals surface area (Å²) in [6, 6.07) is 11.6. The number of pyridine rings is 1. The molecule has 1 spiro atoms. The first-order valence-corrected chi connectivity index (χ1v) is 12.1. The largest absolute Gasteiger partial charge is 0.393 e. The lowest BCUT2D eigenvalue weighted by atomic mass is 9.78. The molecule has 3 N–H and O–H groups in total. The Morgan fingerprint density at radius 3 is 2.61 bits per heavy atom. The average molecular weight is 449 g/mol. The number of aromatic nitrogens is 1. The van der Waals surface area contributed by atoms with Crippen molar-refractivity contribution >= 4 is 17.6 Å². The molecule has 1 aromatic heterocycles. The Balaban J connectivity index is 1.30. The molecule has 7 heteroatoms. The number of anilines is 1. The van der Waals surface area contributed by atoms with E-state index in [0.29, 0.717) is 18.0 Å². The predicted octanol–water partition coefficient (Wildman–Crippen LogP) is 2.97. The van der Waals surface area contributed by atoms with Gasteiger partial charge >= 0.3 is 0 Å². The standard InChI is InChI=1S/C26H32N4O3/c27-24(32)19-4-1-3-18(15-19)20-5-10-23(28-16-20)29-13-2-11-26(17-29)12-14-30(25(26)33)21-6-8-22(31)9-7-21/h1,3-5,10,15-16,21-22,31H,2,6-9,11-14,17H2,(H2,27,32)/t21-,22-,26?. The quantitative estimate of drug-likeness (QED) is 0.749. The third-order valence-corrected chi connectivity index (χ3v) is 7.78. The molecule has 3 heterocycles. The van der Waals surface area contributed by atoms with Gasteiger partial charge in [-0.05, 0) is 74.8 Å². The molecule has 7 nitrogen and oxygen atoms in total. The summed E-state index contributed by atoms with van der Waals surface area (Å²) in [5, 5.41) is 9.83. The molecule has 3 fully saturated rings. The fourth-order valence-corrected chi connectivity index (χ4v) is 5.87. The van der Waals surface area contributed by atoms with Gasteiger partial charge < -0.3 is 20.6 Å². The number of benzene rings is 1. The zero-order chi connectivity index (χ0) is 23.0. The van der Waals surface area contributed by atoms with E-state index in [1.54, 1.807) is 12.1 Å². The van der Waals surface area contributed by atoms with Crippen LogP contribution in [0.15, 0.2) is 42.6 Å². The second-order valence-corrected chi connectivity index (χ2v) is 9.87. The number of carbonyl (C=O) groups is 2. The minimum atomic E-state index is -0.445. The number of aliphatic hydroxyl groups is 1. The van der Waals surface area contributed by atoms with E-state index in [2.05, 4.69) is 9.80 Å². The number of hydrogen-bond acceptors (Lipinski definition) is 5. The van der Waals surface area contributed by atoms with Gasteiger partial charge in [0.25, 0.3) is 0 Å². The van der Waals surface area contributed by atoms with Crippen molar-refractivity contribution in [2.24, 2.45) is 11.1 Å². The highest BCUT2D eigenvalue weighted by Gasteiger charge is 2.50. The van der Waals surface area contributed by atoms with Crippen molar-refractivity contribution in [3.63, 3.8) is 0 Å². The molecule has 3 aliphatic rings. The van der Waals surface area contributed by atoms with Crippen molar-refractivity contribution in [1.82, 2.24) is 9.88 Å². The van der Waals surface area contributed by atoms with Crippen LogP contribution < -0.4 is 10.6 Å². The van der Waals surface area contributed by atoms with Crippen LogP contribution in [-0.4, -0.2) is 58.6 Å². The van der Waals surface area contributed by atoms with Crippen LogP contribution in [0.25, 0.3) is 11.1 Å². The Morgan fingerprint density at radius 2 is 1.88 bits per heavy atom. The van der Waals surface area contributed by atoms with Crippen LogP contribution >= 0.6 is 0 Å². The molecule has 0 radical (unpaired) electrons. The van der Waals surface area contributed by atoms with Crippen molar-refractivity contribution in [2.75, 3.05) is 24.5 Å². The van der Waals surface area contributed by atoms with Crippen LogP contribution in [0.1, 0.15) is 55.3 Å². The van der Waals surface area contributed by atoms with Crippen LogP contribution in [0.2, 0.25) is 0 Å². The van der Waals surface area contributed by atoms with Crippen LogP contribution in [0, 0.1) is 5.41 Å². The average Bonchev–Trinajstić information content (AvgIpc) is 3.15. The number of nitrogens with two attached hydrogens (primary N) is 1. The van der Waals surface area contributed by atoms with E-state index in [-0.39, 0.29) is 17.6 Å². The molecule has 2 amide bonds. The molecule has 1 aromatic carbocycles. The number of carbonyl (C=O) groups excluding carboxylic acids is 2. The second-order valence-electron chi connectivity index (χ2n) is 9.87. The summed E-state index contributed by atoms with van der Waals surface area (Å²) in [5.74, 6) is 0.740. The molecule has 1 aliphatic carbocycles. The molecule has 174 valence electrons. The molecule has 2 saturated heterocycles. The number of rotatable bonds is 4. The van der Waals surface area contributed by atoms with E-state index in [1.807, 2.05) is 30.5 Å². The summed E-state index contributed by atoms with van der Waals surface area (Å²) in [7, 11) is 0. The van der Waals surface area contributed by atoms with Crippen molar-refractivity contribution in [2.45, 2.75) is 57.1 Å². The highest BCUT2D eigenvalue weighted by atomic mass is 16.3. The van der Waals surface area contributed by atoms with Gasteiger partial charge in [-0.15, -0.1) is 0 Å². The highest BCUT2D eigenvalue weighted by molar-refractivity contribution is 5.94. The first-order valence-electron chi connectivity index (χ1n) is 12.1. The van der Waals surface area contributed by atoms with E-state index in [0.717, 1.165) is 75.0 Å². The summed E-state index contributed by atoms with van der Waals surface area (Å²) in [6.45, 7) is 2.44. The number of likely N-dealkylation sites (tertiary alicyclic amines) is 1. The van der Waals surface area contributed by atoms with E-state index in [4.69, 9.17) is 10.7 Å². The van der Waals surface area contributed by atoms with Crippen molar-refractivity contribution in [3.8, 4) is 11.1 Å². The van der Waals surface area contributed by atoms with Crippen LogP contribution in [0.5, 0.6) is 0 Å². The minimum Gasteiger partial charge on any atom is -0.393 e. The molecule has 0 bridgehead atoms. The maximum Gasteiger partial charge on any atom is 0.248 e. The van der Waals surface area contributed by atoms with Gasteiger partial charge in [0.05, 0.1) is 11.5 Å². The number of aliphatic hydroxyl groups excluding tert-OH is 1. The lowest BCUT2D eigenvalue weighted by molar-refractivity contribution is -0.139. The molecule has 1 atom stereocenters. The first-order chi connectivity index (χ1) is 15.9. The predicted molar refractivity (Wildman–Crippen MR) is 127 cm³/mol. The molecular formula is C26H32N4O3. The number of nitrogens with zero attached hydrogens (tertiary/aromatic N) is 3. The second kappa shape index (κ2) is 8.78. The lowest BCUT2D eigenvalue weighted by Crippen LogP contribution is -2.50. The normalized spacial score (nSPS) is 27.8. The Kier molecular flexibility index (Phi) is 5.83. The summed E-state index contributed by atoms with van der Waals surface area (Å²) in [5.41, 5.74) is 7.40. The maximum absolute atomic E-state index is 13.5. The molecule has 2 aromatic rings. The molecule has 1 unspecified atom stereocenters. The van der Waals surface area contributed by atoms with E-state index >= 15 is 0 Å². The van der Waals surface area contributed by atoms with E-state index in [1.165, 1.54) is 0 Å². The van der Waals surface area contributed by atoms with E-state index in [9.17, 15) is 14.7 Å². The van der Waals surface area contributed by atoms with Gasteiger partial charge in [-0.2, -0.15) is 0 Å². The van der Waals surface area contributed by atoms with Crippen molar-refractivity contribution in [3.05, 3.63) is 48.2 Å². The zero-order valence-corrected chi connectivity index (χ0v) is 18.9. The Labute approximate surface area is 194 Å². The summed E-state index contributed by atoms with van der Waals surface area (Å²) >= 11 is 0. The van der Waals surface area contributed by atoms with Gasteiger partial charge in [0.2, 0.25) is 11.8 Å². The Bertz CT molecular complexity index is 1030. The van der Waals surface area contributed by atoms with Gasteiger partial charge in [-0.3, -0.25) is 9.59 Å². The first kappa shape index (κ1) is 21.9. The number of primary amides is 1. The van der Waals surface area contributed by atoms with Crippen LogP contribution in [-0.2, 0) is 4.79 Å². The third-order valence-electron chi connectivity index (χ3n) is 7.78. The van der Waals surface area contributed by atoms with Crippen LogP contribution in [0.4, 0.5) is 5.82 Å².